The highest BCUT2D eigenvalue weighted by molar-refractivity contribution is 5.48. The van der Waals surface area contributed by atoms with E-state index in [0.717, 1.165) is 36.4 Å². The predicted octanol–water partition coefficient (Wildman–Crippen LogP) is 4.80. The van der Waals surface area contributed by atoms with Gasteiger partial charge in [-0.05, 0) is 44.1 Å². The summed E-state index contributed by atoms with van der Waals surface area (Å²) >= 11 is 0. The van der Waals surface area contributed by atoms with Gasteiger partial charge in [-0.2, -0.15) is 0 Å². The molecule has 0 saturated carbocycles. The molecule has 0 N–H and O–H groups in total. The van der Waals surface area contributed by atoms with Crippen LogP contribution in [0.4, 0.5) is 0 Å². The van der Waals surface area contributed by atoms with Gasteiger partial charge in [0.25, 0.3) is 0 Å². The lowest BCUT2D eigenvalue weighted by Crippen LogP contribution is -2.00. The van der Waals surface area contributed by atoms with Gasteiger partial charge in [0.1, 0.15) is 18.3 Å². The van der Waals surface area contributed by atoms with Crippen LogP contribution in [0.2, 0.25) is 0 Å². The first-order valence-corrected chi connectivity index (χ1v) is 7.48. The molecule has 2 heterocycles. The fraction of sp³-hybridized carbons (Fsp3) is 0.211. The van der Waals surface area contributed by atoms with E-state index in [-0.39, 0.29) is 0 Å². The van der Waals surface area contributed by atoms with E-state index in [9.17, 15) is 0 Å². The van der Waals surface area contributed by atoms with Gasteiger partial charge in [0.05, 0.1) is 5.69 Å². The Hall–Kier alpha value is -2.55. The molecule has 0 atom stereocenters. The number of hydrogen-bond acceptors (Lipinski definition) is 3. The second-order valence-electron chi connectivity index (χ2n) is 5.35. The number of ether oxygens (including phenoxy) is 2. The molecule has 112 valence electrons. The molecule has 3 nitrogen and oxygen atoms in total. The maximum absolute atomic E-state index is 5.86. The maximum atomic E-state index is 5.86. The molecule has 0 bridgehead atoms. The fourth-order valence-electron chi connectivity index (χ4n) is 2.38. The van der Waals surface area contributed by atoms with Crippen LogP contribution in [-0.2, 0) is 9.47 Å². The molecular formula is C19H19NO2. The number of aromatic nitrogens is 1. The van der Waals surface area contributed by atoms with Crippen LogP contribution in [0.5, 0.6) is 0 Å². The Bertz CT molecular complexity index is 693. The van der Waals surface area contributed by atoms with Gasteiger partial charge in [0.2, 0.25) is 0 Å². The number of aryl methyl sites for hydroxylation is 1. The average molecular weight is 293 g/mol. The molecule has 0 amide bonds. The Kier molecular flexibility index (Phi) is 4.54. The number of rotatable bonds is 4. The molecule has 0 spiro atoms. The molecule has 2 aliphatic rings. The van der Waals surface area contributed by atoms with Crippen LogP contribution >= 0.6 is 0 Å². The van der Waals surface area contributed by atoms with Crippen LogP contribution < -0.4 is 0 Å². The van der Waals surface area contributed by atoms with Crippen molar-refractivity contribution >= 4 is 6.08 Å². The Labute approximate surface area is 131 Å². The second-order valence-corrected chi connectivity index (χ2v) is 5.35. The van der Waals surface area contributed by atoms with E-state index >= 15 is 0 Å². The van der Waals surface area contributed by atoms with Gasteiger partial charge in [-0.1, -0.05) is 29.9 Å². The Morgan fingerprint density at radius 2 is 2.18 bits per heavy atom. The van der Waals surface area contributed by atoms with E-state index < -0.39 is 0 Å². The molecule has 3 heteroatoms. The zero-order chi connectivity index (χ0) is 15.2. The van der Waals surface area contributed by atoms with Crippen LogP contribution in [0, 0.1) is 6.92 Å². The number of hydrogen-bond donors (Lipinski definition) is 0. The molecule has 0 saturated heterocycles. The predicted molar refractivity (Wildman–Crippen MR) is 87.4 cm³/mol. The summed E-state index contributed by atoms with van der Waals surface area (Å²) in [6.07, 6.45) is 16.5. The highest BCUT2D eigenvalue weighted by Crippen LogP contribution is 2.25. The monoisotopic (exact) mass is 293 g/mol. The van der Waals surface area contributed by atoms with Crippen LogP contribution in [0.15, 0.2) is 72.1 Å². The van der Waals surface area contributed by atoms with Crippen molar-refractivity contribution in [2.45, 2.75) is 26.2 Å². The molecule has 0 unspecified atom stereocenters. The molecule has 1 aromatic rings. The van der Waals surface area contributed by atoms with E-state index in [1.54, 1.807) is 12.5 Å². The zero-order valence-corrected chi connectivity index (χ0v) is 12.7. The standard InChI is InChI=1S/C19H19NO2/c1-15-6-5-9-17(20-15)10-11-18-13-21-14-19(22-18)12-16-7-3-2-4-8-16/h2-3,5-7,9-11,13-14H,4,8,12H2,1H3. The molecule has 3 rings (SSSR count). The quantitative estimate of drug-likeness (QED) is 0.799. The smallest absolute Gasteiger partial charge is 0.162 e. The summed E-state index contributed by atoms with van der Waals surface area (Å²) in [5.41, 5.74) is 3.26. The van der Waals surface area contributed by atoms with Crippen molar-refractivity contribution in [3.63, 3.8) is 0 Å². The zero-order valence-electron chi connectivity index (χ0n) is 12.7. The highest BCUT2D eigenvalue weighted by atomic mass is 16.5. The van der Waals surface area contributed by atoms with Crippen molar-refractivity contribution in [2.75, 3.05) is 0 Å². The summed E-state index contributed by atoms with van der Waals surface area (Å²) in [5.74, 6) is 1.52. The minimum atomic E-state index is 0.688. The van der Waals surface area contributed by atoms with Crippen LogP contribution in [0.25, 0.3) is 6.08 Å². The third-order valence-corrected chi connectivity index (χ3v) is 3.46. The normalized spacial score (nSPS) is 17.4. The largest absolute Gasteiger partial charge is 0.465 e. The van der Waals surface area contributed by atoms with Crippen LogP contribution in [-0.4, -0.2) is 4.98 Å². The summed E-state index contributed by atoms with van der Waals surface area (Å²) in [6.45, 7) is 1.98. The highest BCUT2D eigenvalue weighted by Gasteiger charge is 2.11. The van der Waals surface area contributed by atoms with Gasteiger partial charge in [-0.25, -0.2) is 0 Å². The van der Waals surface area contributed by atoms with Crippen molar-refractivity contribution in [3.8, 4) is 0 Å². The van der Waals surface area contributed by atoms with Gasteiger partial charge >= 0.3 is 0 Å². The third-order valence-electron chi connectivity index (χ3n) is 3.46. The lowest BCUT2D eigenvalue weighted by molar-refractivity contribution is 0.228. The SMILES string of the molecule is Cc1cccc(C=CC2=COC=C(CC3=CC=CCC3)O2)n1. The number of nitrogens with zero attached hydrogens (tertiary/aromatic N) is 1. The molecule has 1 aliphatic heterocycles. The lowest BCUT2D eigenvalue weighted by atomic mass is 10.0. The lowest BCUT2D eigenvalue weighted by Gasteiger charge is -2.16. The molecule has 0 aromatic carbocycles. The van der Waals surface area contributed by atoms with Crippen molar-refractivity contribution < 1.29 is 9.47 Å². The van der Waals surface area contributed by atoms with E-state index in [4.69, 9.17) is 9.47 Å². The van der Waals surface area contributed by atoms with Gasteiger partial charge in [-0.15, -0.1) is 0 Å². The van der Waals surface area contributed by atoms with E-state index in [2.05, 4.69) is 23.2 Å². The first-order valence-electron chi connectivity index (χ1n) is 7.48. The van der Waals surface area contributed by atoms with Gasteiger partial charge in [0.15, 0.2) is 5.76 Å². The van der Waals surface area contributed by atoms with Gasteiger partial charge in [-0.3, -0.25) is 4.98 Å². The minimum Gasteiger partial charge on any atom is -0.465 e. The first kappa shape index (κ1) is 14.4. The van der Waals surface area contributed by atoms with Crippen LogP contribution in [0.1, 0.15) is 30.7 Å². The van der Waals surface area contributed by atoms with Gasteiger partial charge < -0.3 is 9.47 Å². The molecule has 1 aromatic heterocycles. The van der Waals surface area contributed by atoms with Crippen molar-refractivity contribution in [1.29, 1.82) is 0 Å². The Morgan fingerprint density at radius 1 is 1.23 bits per heavy atom. The summed E-state index contributed by atoms with van der Waals surface area (Å²) in [4.78, 5) is 4.43. The molecule has 0 fully saturated rings. The topological polar surface area (TPSA) is 31.4 Å². The van der Waals surface area contributed by atoms with E-state index in [1.807, 2.05) is 37.3 Å². The van der Waals surface area contributed by atoms with Crippen molar-refractivity contribution in [2.24, 2.45) is 0 Å². The minimum absolute atomic E-state index is 0.688. The average Bonchev–Trinajstić information content (AvgIpc) is 2.54. The van der Waals surface area contributed by atoms with Gasteiger partial charge in [0, 0.05) is 12.1 Å². The summed E-state index contributed by atoms with van der Waals surface area (Å²) in [5, 5.41) is 0. The fourth-order valence-corrected chi connectivity index (χ4v) is 2.38. The van der Waals surface area contributed by atoms with Crippen molar-refractivity contribution in [1.82, 2.24) is 4.98 Å². The maximum Gasteiger partial charge on any atom is 0.162 e. The van der Waals surface area contributed by atoms with E-state index in [0.29, 0.717) is 5.76 Å². The van der Waals surface area contributed by atoms with Crippen molar-refractivity contribution in [3.05, 3.63) is 83.5 Å². The van der Waals surface area contributed by atoms with E-state index in [1.165, 1.54) is 5.57 Å². The molecular weight excluding hydrogens is 274 g/mol. The number of pyridine rings is 1. The molecule has 0 radical (unpaired) electrons. The summed E-state index contributed by atoms with van der Waals surface area (Å²) in [6, 6.07) is 5.93. The summed E-state index contributed by atoms with van der Waals surface area (Å²) < 4.78 is 11.2. The molecule has 1 aliphatic carbocycles. The Morgan fingerprint density at radius 3 is 3.00 bits per heavy atom. The second kappa shape index (κ2) is 6.94. The Balaban J connectivity index is 1.61. The third kappa shape index (κ3) is 3.98. The molecule has 22 heavy (non-hydrogen) atoms. The summed E-state index contributed by atoms with van der Waals surface area (Å²) in [7, 11) is 0. The first-order chi connectivity index (χ1) is 10.8. The van der Waals surface area contributed by atoms with Crippen LogP contribution in [0.3, 0.4) is 0 Å². The number of allylic oxidation sites excluding steroid dienone is 5.